The molecule has 1 aromatic heterocycles. The number of rotatable bonds is 6. The van der Waals surface area contributed by atoms with E-state index in [0.717, 1.165) is 34.6 Å². The average molecular weight is 278 g/mol. The molecule has 0 radical (unpaired) electrons. The summed E-state index contributed by atoms with van der Waals surface area (Å²) in [6.07, 6.45) is 0. The smallest absolute Gasteiger partial charge is 0.208 e. The number of benzene rings is 1. The van der Waals surface area contributed by atoms with Gasteiger partial charge in [0.25, 0.3) is 0 Å². The van der Waals surface area contributed by atoms with Crippen molar-refractivity contribution >= 4 is 11.8 Å². The summed E-state index contributed by atoms with van der Waals surface area (Å²) in [5, 5.41) is 10.9. The van der Waals surface area contributed by atoms with E-state index in [2.05, 4.69) is 32.6 Å². The minimum atomic E-state index is 0.763. The van der Waals surface area contributed by atoms with E-state index >= 15 is 0 Å². The van der Waals surface area contributed by atoms with E-state index in [0.29, 0.717) is 0 Å². The van der Waals surface area contributed by atoms with Crippen molar-refractivity contribution in [2.24, 2.45) is 0 Å². The normalized spacial score (nSPS) is 10.7. The lowest BCUT2D eigenvalue weighted by Gasteiger charge is -2.09. The van der Waals surface area contributed by atoms with Crippen LogP contribution in [0.4, 0.5) is 0 Å². The van der Waals surface area contributed by atoms with E-state index in [-0.39, 0.29) is 0 Å². The van der Waals surface area contributed by atoms with Crippen molar-refractivity contribution in [1.82, 2.24) is 20.5 Å². The molecule has 0 saturated heterocycles. The largest absolute Gasteiger partial charge is 0.496 e. The summed E-state index contributed by atoms with van der Waals surface area (Å²) in [4.78, 5) is 4.28. The topological polar surface area (TPSA) is 62.8 Å². The molecule has 0 aliphatic rings. The van der Waals surface area contributed by atoms with E-state index in [1.54, 1.807) is 18.9 Å². The molecule has 0 fully saturated rings. The van der Waals surface area contributed by atoms with Gasteiger partial charge in [-0.3, -0.25) is 5.10 Å². The van der Waals surface area contributed by atoms with Gasteiger partial charge in [-0.05, 0) is 31.7 Å². The molecule has 0 atom stereocenters. The first-order chi connectivity index (χ1) is 9.22. The Morgan fingerprint density at radius 2 is 2.26 bits per heavy atom. The Morgan fingerprint density at radius 1 is 1.42 bits per heavy atom. The predicted molar refractivity (Wildman–Crippen MR) is 76.4 cm³/mol. The van der Waals surface area contributed by atoms with Crippen LogP contribution in [0.15, 0.2) is 23.4 Å². The standard InChI is InChI=1S/C13H18N4OS/c1-9-15-13(17-16-9)19-8-11-6-10(7-14-2)4-5-12(11)18-3/h4-6,14H,7-8H2,1-3H3,(H,15,16,17). The van der Waals surface area contributed by atoms with Crippen molar-refractivity contribution in [3.8, 4) is 5.75 Å². The van der Waals surface area contributed by atoms with Crippen LogP contribution < -0.4 is 10.1 Å². The van der Waals surface area contributed by atoms with Crippen LogP contribution in [0.3, 0.4) is 0 Å². The number of hydrogen-bond donors (Lipinski definition) is 2. The van der Waals surface area contributed by atoms with Gasteiger partial charge in [0.15, 0.2) is 0 Å². The Hall–Kier alpha value is -1.53. The molecule has 2 aromatic rings. The van der Waals surface area contributed by atoms with Gasteiger partial charge in [0.05, 0.1) is 7.11 Å². The second-order valence-corrected chi connectivity index (χ2v) is 5.11. The molecule has 2 rings (SSSR count). The minimum Gasteiger partial charge on any atom is -0.496 e. The first kappa shape index (κ1) is 13.9. The van der Waals surface area contributed by atoms with Gasteiger partial charge in [-0.1, -0.05) is 17.8 Å². The molecule has 19 heavy (non-hydrogen) atoms. The Balaban J connectivity index is 2.10. The van der Waals surface area contributed by atoms with Crippen LogP contribution in [-0.4, -0.2) is 29.3 Å². The molecule has 0 bridgehead atoms. The molecule has 1 aromatic carbocycles. The molecular formula is C13H18N4OS. The Kier molecular flexibility index (Phi) is 4.81. The summed E-state index contributed by atoms with van der Waals surface area (Å²) < 4.78 is 5.39. The summed E-state index contributed by atoms with van der Waals surface area (Å²) >= 11 is 1.60. The maximum atomic E-state index is 5.39. The van der Waals surface area contributed by atoms with Gasteiger partial charge < -0.3 is 10.1 Å². The third-order valence-electron chi connectivity index (χ3n) is 2.66. The molecule has 6 heteroatoms. The fraction of sp³-hybridized carbons (Fsp3) is 0.385. The van der Waals surface area contributed by atoms with Crippen LogP contribution in [0.1, 0.15) is 17.0 Å². The number of hydrogen-bond acceptors (Lipinski definition) is 5. The first-order valence-corrected chi connectivity index (χ1v) is 7.03. The lowest BCUT2D eigenvalue weighted by Crippen LogP contribution is -2.05. The van der Waals surface area contributed by atoms with Gasteiger partial charge in [-0.25, -0.2) is 4.98 Å². The van der Waals surface area contributed by atoms with E-state index < -0.39 is 0 Å². The second kappa shape index (κ2) is 6.58. The van der Waals surface area contributed by atoms with Crippen molar-refractivity contribution in [2.75, 3.05) is 14.2 Å². The number of nitrogens with one attached hydrogen (secondary N) is 2. The van der Waals surface area contributed by atoms with Crippen LogP contribution in [0.2, 0.25) is 0 Å². The number of nitrogens with zero attached hydrogens (tertiary/aromatic N) is 2. The number of aromatic nitrogens is 3. The summed E-state index contributed by atoms with van der Waals surface area (Å²) in [5.41, 5.74) is 2.40. The Bertz CT molecular complexity index is 541. The van der Waals surface area contributed by atoms with Gasteiger partial charge in [0.2, 0.25) is 5.16 Å². The number of ether oxygens (including phenoxy) is 1. The third-order valence-corrected chi connectivity index (χ3v) is 3.56. The molecule has 0 unspecified atom stereocenters. The van der Waals surface area contributed by atoms with E-state index in [1.165, 1.54) is 5.56 Å². The van der Waals surface area contributed by atoms with Crippen molar-refractivity contribution in [1.29, 1.82) is 0 Å². The number of H-pyrrole nitrogens is 1. The van der Waals surface area contributed by atoms with Gasteiger partial charge in [0.1, 0.15) is 11.6 Å². The molecule has 1 heterocycles. The van der Waals surface area contributed by atoms with Crippen LogP contribution in [0.25, 0.3) is 0 Å². The van der Waals surface area contributed by atoms with Crippen LogP contribution in [0.5, 0.6) is 5.75 Å². The lowest BCUT2D eigenvalue weighted by molar-refractivity contribution is 0.411. The molecule has 0 aliphatic carbocycles. The molecule has 0 saturated carbocycles. The zero-order valence-electron chi connectivity index (χ0n) is 11.4. The van der Waals surface area contributed by atoms with Crippen molar-refractivity contribution in [2.45, 2.75) is 24.4 Å². The molecular weight excluding hydrogens is 260 g/mol. The average Bonchev–Trinajstić information content (AvgIpc) is 2.83. The van der Waals surface area contributed by atoms with Crippen LogP contribution >= 0.6 is 11.8 Å². The second-order valence-electron chi connectivity index (χ2n) is 4.17. The zero-order chi connectivity index (χ0) is 13.7. The van der Waals surface area contributed by atoms with Gasteiger partial charge in [-0.2, -0.15) is 0 Å². The number of aromatic amines is 1. The van der Waals surface area contributed by atoms with Crippen molar-refractivity contribution < 1.29 is 4.74 Å². The third kappa shape index (κ3) is 3.71. The van der Waals surface area contributed by atoms with Crippen molar-refractivity contribution in [3.63, 3.8) is 0 Å². The lowest BCUT2D eigenvalue weighted by atomic mass is 10.1. The highest BCUT2D eigenvalue weighted by Crippen LogP contribution is 2.27. The maximum Gasteiger partial charge on any atom is 0.208 e. The Morgan fingerprint density at radius 3 is 2.89 bits per heavy atom. The zero-order valence-corrected chi connectivity index (χ0v) is 12.2. The summed E-state index contributed by atoms with van der Waals surface area (Å²) in [7, 11) is 3.63. The SMILES string of the molecule is CNCc1ccc(OC)c(CSc2n[nH]c(C)n2)c1. The molecule has 0 aliphatic heterocycles. The number of methoxy groups -OCH3 is 1. The van der Waals surface area contributed by atoms with Gasteiger partial charge >= 0.3 is 0 Å². The first-order valence-electron chi connectivity index (χ1n) is 6.05. The Labute approximate surface area is 117 Å². The van der Waals surface area contributed by atoms with E-state index in [9.17, 15) is 0 Å². The monoisotopic (exact) mass is 278 g/mol. The fourth-order valence-electron chi connectivity index (χ4n) is 1.79. The highest BCUT2D eigenvalue weighted by molar-refractivity contribution is 7.98. The van der Waals surface area contributed by atoms with E-state index in [1.807, 2.05) is 20.0 Å². The van der Waals surface area contributed by atoms with Gasteiger partial charge in [0, 0.05) is 17.9 Å². The molecule has 5 nitrogen and oxygen atoms in total. The molecule has 2 N–H and O–H groups in total. The molecule has 102 valence electrons. The van der Waals surface area contributed by atoms with Crippen LogP contribution in [-0.2, 0) is 12.3 Å². The quantitative estimate of drug-likeness (QED) is 0.793. The fourth-order valence-corrected chi connectivity index (χ4v) is 2.61. The van der Waals surface area contributed by atoms with Gasteiger partial charge in [-0.15, -0.1) is 5.10 Å². The number of thioether (sulfide) groups is 1. The summed E-state index contributed by atoms with van der Waals surface area (Å²) in [6.45, 7) is 2.74. The summed E-state index contributed by atoms with van der Waals surface area (Å²) in [5.74, 6) is 2.52. The predicted octanol–water partition coefficient (Wildman–Crippen LogP) is 2.13. The van der Waals surface area contributed by atoms with Crippen LogP contribution in [0, 0.1) is 6.92 Å². The van der Waals surface area contributed by atoms with E-state index in [4.69, 9.17) is 4.74 Å². The molecule has 0 spiro atoms. The maximum absolute atomic E-state index is 5.39. The summed E-state index contributed by atoms with van der Waals surface area (Å²) in [6, 6.07) is 6.23. The van der Waals surface area contributed by atoms with Crippen molar-refractivity contribution in [3.05, 3.63) is 35.2 Å². The highest BCUT2D eigenvalue weighted by Gasteiger charge is 2.07. The highest BCUT2D eigenvalue weighted by atomic mass is 32.2. The molecule has 0 amide bonds. The number of aryl methyl sites for hydroxylation is 1. The minimum absolute atomic E-state index is 0.763.